The number of anilines is 2. The summed E-state index contributed by atoms with van der Waals surface area (Å²) in [6.07, 6.45) is 0. The highest BCUT2D eigenvalue weighted by molar-refractivity contribution is 7.22. The van der Waals surface area contributed by atoms with Crippen molar-refractivity contribution in [3.8, 4) is 0 Å². The molecule has 0 aliphatic heterocycles. The Morgan fingerprint density at radius 1 is 1.26 bits per heavy atom. The van der Waals surface area contributed by atoms with Gasteiger partial charge in [0.15, 0.2) is 5.52 Å². The van der Waals surface area contributed by atoms with E-state index in [-0.39, 0.29) is 32.3 Å². The first-order valence-corrected chi connectivity index (χ1v) is 10.8. The van der Waals surface area contributed by atoms with E-state index in [0.29, 0.717) is 16.1 Å². The molecule has 0 atom stereocenters. The number of hydrogen-bond donors (Lipinski definition) is 1. The number of fused-ring (bicyclic) bond motifs is 1. The summed E-state index contributed by atoms with van der Waals surface area (Å²) < 4.78 is 0.467. The second kappa shape index (κ2) is 9.54. The molecule has 31 heavy (non-hydrogen) atoms. The third-order valence-electron chi connectivity index (χ3n) is 4.39. The maximum Gasteiger partial charge on any atom is 0.316 e. The van der Waals surface area contributed by atoms with Crippen LogP contribution in [0.5, 0.6) is 0 Å². The number of nitrogens with zero attached hydrogens (tertiary/aromatic N) is 5. The normalized spacial score (nSPS) is 11.3. The first kappa shape index (κ1) is 22.9. The molecule has 0 unspecified atom stereocenters. The molecular formula is C19H18Cl2N6O3S. The molecule has 0 spiro atoms. The van der Waals surface area contributed by atoms with Crippen molar-refractivity contribution in [2.24, 2.45) is 10.2 Å². The van der Waals surface area contributed by atoms with Gasteiger partial charge in [-0.3, -0.25) is 14.9 Å². The standard InChI is InChI=1S/C19H18Cl2N6O3S/c1-4-26(5-2)11-6-7-13(14(8-11)22-10(3)28)24-25-19-23-17-15(31-19)9-12(20)16(21)18(17)27(29)30/h6-9H,4-5H2,1-3H3,(H,22,28). The average molecular weight is 481 g/mol. The molecule has 0 saturated carbocycles. The number of hydrogen-bond acceptors (Lipinski definition) is 8. The number of amides is 1. The number of halogens is 2. The molecule has 162 valence electrons. The second-order valence-corrected chi connectivity index (χ2v) is 8.17. The number of carbonyl (C=O) groups is 1. The molecular weight excluding hydrogens is 463 g/mol. The minimum absolute atomic E-state index is 0.0629. The zero-order valence-corrected chi connectivity index (χ0v) is 19.2. The van der Waals surface area contributed by atoms with Gasteiger partial charge in [-0.05, 0) is 38.1 Å². The van der Waals surface area contributed by atoms with E-state index in [4.69, 9.17) is 23.2 Å². The van der Waals surface area contributed by atoms with Crippen LogP contribution in [-0.2, 0) is 4.79 Å². The molecule has 0 bridgehead atoms. The highest BCUT2D eigenvalue weighted by atomic mass is 35.5. The lowest BCUT2D eigenvalue weighted by atomic mass is 10.2. The maximum atomic E-state index is 11.6. The minimum atomic E-state index is -0.627. The summed E-state index contributed by atoms with van der Waals surface area (Å²) in [6, 6.07) is 6.96. The van der Waals surface area contributed by atoms with Crippen LogP contribution in [0.4, 0.5) is 27.9 Å². The van der Waals surface area contributed by atoms with Crippen molar-refractivity contribution >= 4 is 78.5 Å². The van der Waals surface area contributed by atoms with Crippen molar-refractivity contribution in [3.05, 3.63) is 44.4 Å². The summed E-state index contributed by atoms with van der Waals surface area (Å²) in [4.78, 5) is 28.7. The first-order chi connectivity index (χ1) is 14.7. The molecule has 9 nitrogen and oxygen atoms in total. The van der Waals surface area contributed by atoms with Gasteiger partial charge in [-0.15, -0.1) is 10.2 Å². The van der Waals surface area contributed by atoms with Gasteiger partial charge in [0, 0.05) is 25.7 Å². The Labute approximate surface area is 191 Å². The number of rotatable bonds is 7. The topological polar surface area (TPSA) is 113 Å². The van der Waals surface area contributed by atoms with Crippen molar-refractivity contribution in [3.63, 3.8) is 0 Å². The number of nitro groups is 1. The molecule has 1 amide bonds. The number of nitrogens with one attached hydrogen (secondary N) is 1. The van der Waals surface area contributed by atoms with E-state index in [2.05, 4.69) is 25.4 Å². The maximum absolute atomic E-state index is 11.6. The Kier molecular flexibility index (Phi) is 7.04. The Balaban J connectivity index is 2.02. The van der Waals surface area contributed by atoms with E-state index < -0.39 is 4.92 Å². The first-order valence-electron chi connectivity index (χ1n) is 9.26. The van der Waals surface area contributed by atoms with E-state index >= 15 is 0 Å². The summed E-state index contributed by atoms with van der Waals surface area (Å²) in [5, 5.41) is 22.5. The van der Waals surface area contributed by atoms with Crippen molar-refractivity contribution in [2.75, 3.05) is 23.3 Å². The van der Waals surface area contributed by atoms with Crippen LogP contribution in [0.3, 0.4) is 0 Å². The van der Waals surface area contributed by atoms with Gasteiger partial charge in [0.1, 0.15) is 10.7 Å². The molecule has 1 aromatic heterocycles. The van der Waals surface area contributed by atoms with Gasteiger partial charge in [0.05, 0.1) is 20.3 Å². The van der Waals surface area contributed by atoms with Gasteiger partial charge in [-0.1, -0.05) is 34.5 Å². The SMILES string of the molecule is CCN(CC)c1ccc(N=Nc2nc3c([N+](=O)[O-])c(Cl)c(Cl)cc3s2)c(NC(C)=O)c1. The Morgan fingerprint density at radius 3 is 2.58 bits per heavy atom. The highest BCUT2D eigenvalue weighted by Gasteiger charge is 2.24. The molecule has 2 aromatic carbocycles. The third-order valence-corrected chi connectivity index (χ3v) is 6.05. The van der Waals surface area contributed by atoms with E-state index in [0.717, 1.165) is 30.1 Å². The molecule has 0 fully saturated rings. The fourth-order valence-corrected chi connectivity index (χ4v) is 4.28. The predicted molar refractivity (Wildman–Crippen MR) is 125 cm³/mol. The number of carbonyl (C=O) groups excluding carboxylic acids is 1. The lowest BCUT2D eigenvalue weighted by Gasteiger charge is -2.22. The Morgan fingerprint density at radius 2 is 1.97 bits per heavy atom. The van der Waals surface area contributed by atoms with Crippen LogP contribution in [0.1, 0.15) is 20.8 Å². The van der Waals surface area contributed by atoms with Crippen LogP contribution in [0.15, 0.2) is 34.5 Å². The number of azo groups is 1. The van der Waals surface area contributed by atoms with Crippen LogP contribution < -0.4 is 10.2 Å². The molecule has 1 heterocycles. The Bertz CT molecular complexity index is 1190. The van der Waals surface area contributed by atoms with Gasteiger partial charge in [0.25, 0.3) is 0 Å². The van der Waals surface area contributed by atoms with Crippen molar-refractivity contribution in [1.29, 1.82) is 0 Å². The largest absolute Gasteiger partial charge is 0.372 e. The van der Waals surface area contributed by atoms with E-state index in [1.54, 1.807) is 6.07 Å². The second-order valence-electron chi connectivity index (χ2n) is 6.38. The van der Waals surface area contributed by atoms with E-state index in [1.807, 2.05) is 26.0 Å². The van der Waals surface area contributed by atoms with Gasteiger partial charge >= 0.3 is 5.69 Å². The van der Waals surface area contributed by atoms with Crippen molar-refractivity contribution in [2.45, 2.75) is 20.8 Å². The van der Waals surface area contributed by atoms with Gasteiger partial charge in [-0.2, -0.15) is 0 Å². The lowest BCUT2D eigenvalue weighted by Crippen LogP contribution is -2.21. The number of benzene rings is 2. The predicted octanol–water partition coefficient (Wildman–Crippen LogP) is 6.73. The summed E-state index contributed by atoms with van der Waals surface area (Å²) in [6.45, 7) is 7.12. The molecule has 0 aliphatic carbocycles. The Hall–Kier alpha value is -2.82. The molecule has 0 radical (unpaired) electrons. The smallest absolute Gasteiger partial charge is 0.316 e. The summed E-state index contributed by atoms with van der Waals surface area (Å²) in [5.74, 6) is -0.243. The van der Waals surface area contributed by atoms with Crippen LogP contribution in [0.25, 0.3) is 10.2 Å². The fraction of sp³-hybridized carbons (Fsp3) is 0.263. The van der Waals surface area contributed by atoms with Crippen LogP contribution >= 0.6 is 34.5 Å². The minimum Gasteiger partial charge on any atom is -0.372 e. The number of thiazole rings is 1. The van der Waals surface area contributed by atoms with E-state index in [9.17, 15) is 14.9 Å². The zero-order valence-electron chi connectivity index (χ0n) is 16.8. The molecule has 12 heteroatoms. The van der Waals surface area contributed by atoms with Crippen molar-refractivity contribution < 1.29 is 9.72 Å². The average Bonchev–Trinajstić information content (AvgIpc) is 3.10. The summed E-state index contributed by atoms with van der Waals surface area (Å²) in [7, 11) is 0. The number of nitro benzene ring substituents is 1. The van der Waals surface area contributed by atoms with Crippen LogP contribution in [-0.4, -0.2) is 28.9 Å². The van der Waals surface area contributed by atoms with Crippen LogP contribution in [0, 0.1) is 10.1 Å². The lowest BCUT2D eigenvalue weighted by molar-refractivity contribution is -0.383. The molecule has 3 aromatic rings. The monoisotopic (exact) mass is 480 g/mol. The quantitative estimate of drug-likeness (QED) is 0.228. The highest BCUT2D eigenvalue weighted by Crippen LogP contribution is 2.42. The van der Waals surface area contributed by atoms with E-state index in [1.165, 1.54) is 13.0 Å². The van der Waals surface area contributed by atoms with Gasteiger partial charge in [0.2, 0.25) is 11.0 Å². The van der Waals surface area contributed by atoms with Crippen LogP contribution in [0.2, 0.25) is 10.0 Å². The molecule has 0 saturated heterocycles. The molecule has 3 rings (SSSR count). The third kappa shape index (κ3) is 4.92. The molecule has 1 N–H and O–H groups in total. The summed E-state index contributed by atoms with van der Waals surface area (Å²) >= 11 is 13.1. The summed E-state index contributed by atoms with van der Waals surface area (Å²) in [5.41, 5.74) is 1.59. The fourth-order valence-electron chi connectivity index (χ4n) is 2.98. The molecule has 0 aliphatic rings. The van der Waals surface area contributed by atoms with Crippen molar-refractivity contribution in [1.82, 2.24) is 4.98 Å². The van der Waals surface area contributed by atoms with Gasteiger partial charge < -0.3 is 10.2 Å². The zero-order chi connectivity index (χ0) is 22.7. The number of aromatic nitrogens is 1. The van der Waals surface area contributed by atoms with Gasteiger partial charge in [-0.25, -0.2) is 4.98 Å².